The Morgan fingerprint density at radius 1 is 1.75 bits per heavy atom. The van der Waals surface area contributed by atoms with E-state index in [1.165, 1.54) is 0 Å². The molecule has 0 aliphatic rings. The zero-order valence-corrected chi connectivity index (χ0v) is 2.67. The van der Waals surface area contributed by atoms with Gasteiger partial charge in [0.2, 0.25) is 0 Å². The van der Waals surface area contributed by atoms with Crippen molar-refractivity contribution in [3.63, 3.8) is 0 Å². The summed E-state index contributed by atoms with van der Waals surface area (Å²) in [6.07, 6.45) is 1.60. The van der Waals surface area contributed by atoms with E-state index in [2.05, 4.69) is 0 Å². The van der Waals surface area contributed by atoms with Crippen LogP contribution in [-0.2, 0) is 0 Å². The second-order valence-corrected chi connectivity index (χ2v) is 0.548. The Morgan fingerprint density at radius 3 is 1.75 bits per heavy atom. The molecule has 0 bridgehead atoms. The number of hydrogen-bond donors (Lipinski definition) is 1. The molecule has 0 atom stereocenters. The Kier molecular flexibility index (Phi) is 19.9. The molecule has 0 radical (unpaired) electrons. The molecule has 22 valence electrons. The van der Waals surface area contributed by atoms with Crippen molar-refractivity contribution in [1.82, 2.24) is 0 Å². The van der Waals surface area contributed by atoms with E-state index in [4.69, 9.17) is 4.55 Å². The molecule has 0 spiro atoms. The van der Waals surface area contributed by atoms with Gasteiger partial charge in [0.15, 0.2) is 0 Å². The quantitative estimate of drug-likeness (QED) is 0.336. The Morgan fingerprint density at radius 2 is 1.75 bits per heavy atom. The fourth-order valence-electron chi connectivity index (χ4n) is 0. The van der Waals surface area contributed by atoms with Crippen molar-refractivity contribution >= 4 is 41.6 Å². The maximum atomic E-state index is 7.49. The molecule has 0 aromatic carbocycles. The summed E-state index contributed by atoms with van der Waals surface area (Å²) in [4.78, 5) is 0. The van der Waals surface area contributed by atoms with Gasteiger partial charge >= 0.3 is 29.6 Å². The van der Waals surface area contributed by atoms with Crippen LogP contribution in [0.15, 0.2) is 0 Å². The van der Waals surface area contributed by atoms with E-state index in [0.717, 1.165) is 12.0 Å². The van der Waals surface area contributed by atoms with E-state index in [-0.39, 0.29) is 29.6 Å². The summed E-state index contributed by atoms with van der Waals surface area (Å²) in [5.41, 5.74) is 0. The van der Waals surface area contributed by atoms with Crippen LogP contribution in [0.1, 0.15) is 0 Å². The summed E-state index contributed by atoms with van der Waals surface area (Å²) < 4.78 is 7.49. The van der Waals surface area contributed by atoms with Crippen molar-refractivity contribution in [1.29, 1.82) is 0 Å². The Labute approximate surface area is 52.3 Å². The van der Waals surface area contributed by atoms with Crippen molar-refractivity contribution < 1.29 is 4.55 Å². The molecule has 4 heavy (non-hydrogen) atoms. The van der Waals surface area contributed by atoms with E-state index in [9.17, 15) is 0 Å². The molecule has 0 saturated carbocycles. The minimum absolute atomic E-state index is 0. The first kappa shape index (κ1) is 9.00. The second kappa shape index (κ2) is 8.85. The molecule has 1 N–H and O–H groups in total. The third-order valence-corrected chi connectivity index (χ3v) is 0. The molecule has 0 aliphatic carbocycles. The summed E-state index contributed by atoms with van der Waals surface area (Å²) >= 11 is 0.750. The van der Waals surface area contributed by atoms with Gasteiger partial charge in [-0.3, -0.25) is 0 Å². The van der Waals surface area contributed by atoms with Crippen molar-refractivity contribution in [2.75, 3.05) is 6.26 Å². The zero-order valence-electron chi connectivity index (χ0n) is 1.86. The predicted molar refractivity (Wildman–Crippen MR) is 23.3 cm³/mol. The van der Waals surface area contributed by atoms with Crippen LogP contribution < -0.4 is 0 Å². The molecule has 1 nitrogen and oxygen atoms in total. The molecule has 0 fully saturated rings. The van der Waals surface area contributed by atoms with Crippen molar-refractivity contribution in [3.8, 4) is 0 Å². The molecule has 0 aromatic heterocycles. The SMILES string of the molecule is CSO.[NaH]. The topological polar surface area (TPSA) is 20.2 Å². The van der Waals surface area contributed by atoms with E-state index >= 15 is 0 Å². The van der Waals surface area contributed by atoms with Crippen LogP contribution in [0, 0.1) is 0 Å². The number of hydrogen-bond acceptors (Lipinski definition) is 2. The summed E-state index contributed by atoms with van der Waals surface area (Å²) in [7, 11) is 0. The number of rotatable bonds is 0. The van der Waals surface area contributed by atoms with Crippen LogP contribution in [0.3, 0.4) is 0 Å². The Balaban J connectivity index is 0. The van der Waals surface area contributed by atoms with Crippen LogP contribution in [-0.4, -0.2) is 40.4 Å². The molecular formula is CH5NaOS. The summed E-state index contributed by atoms with van der Waals surface area (Å²) in [6, 6.07) is 0. The van der Waals surface area contributed by atoms with Gasteiger partial charge in [0.25, 0.3) is 0 Å². The molecular weight excluding hydrogens is 83.1 g/mol. The van der Waals surface area contributed by atoms with Gasteiger partial charge < -0.3 is 4.55 Å². The Bertz CT molecular complexity index is 8.00. The Hall–Kier alpha value is 1.31. The molecule has 0 unspecified atom stereocenters. The van der Waals surface area contributed by atoms with Gasteiger partial charge in [-0.1, -0.05) is 0 Å². The monoisotopic (exact) mass is 88.0 g/mol. The molecule has 0 aliphatic heterocycles. The van der Waals surface area contributed by atoms with E-state index in [1.807, 2.05) is 0 Å². The van der Waals surface area contributed by atoms with Gasteiger partial charge in [-0.05, 0) is 12.0 Å². The molecule has 0 heterocycles. The summed E-state index contributed by atoms with van der Waals surface area (Å²) in [6.45, 7) is 0. The van der Waals surface area contributed by atoms with Gasteiger partial charge in [0.1, 0.15) is 0 Å². The first-order valence-corrected chi connectivity index (χ1v) is 1.77. The predicted octanol–water partition coefficient (Wildman–Crippen LogP) is 0.174. The average Bonchev–Trinajstić information content (AvgIpc) is 0.918. The molecule has 0 saturated heterocycles. The van der Waals surface area contributed by atoms with E-state index in [0.29, 0.717) is 0 Å². The van der Waals surface area contributed by atoms with Gasteiger partial charge in [-0.15, -0.1) is 0 Å². The van der Waals surface area contributed by atoms with Crippen LogP contribution in [0.4, 0.5) is 0 Å². The van der Waals surface area contributed by atoms with Crippen molar-refractivity contribution in [2.24, 2.45) is 0 Å². The fourth-order valence-corrected chi connectivity index (χ4v) is 0. The summed E-state index contributed by atoms with van der Waals surface area (Å²) in [5, 5.41) is 0. The van der Waals surface area contributed by atoms with Gasteiger partial charge in [0, 0.05) is 6.26 Å². The second-order valence-electron chi connectivity index (χ2n) is 0.183. The van der Waals surface area contributed by atoms with Crippen LogP contribution in [0.2, 0.25) is 0 Å². The van der Waals surface area contributed by atoms with E-state index < -0.39 is 0 Å². The first-order valence-electron chi connectivity index (χ1n) is 0.591. The summed E-state index contributed by atoms with van der Waals surface area (Å²) in [5.74, 6) is 0. The third-order valence-electron chi connectivity index (χ3n) is 0. The van der Waals surface area contributed by atoms with Crippen LogP contribution >= 0.6 is 12.0 Å². The van der Waals surface area contributed by atoms with Crippen molar-refractivity contribution in [2.45, 2.75) is 0 Å². The average molecular weight is 88.1 g/mol. The molecule has 0 rings (SSSR count). The van der Waals surface area contributed by atoms with Crippen LogP contribution in [0.5, 0.6) is 0 Å². The third kappa shape index (κ3) is 10.3. The minimum atomic E-state index is 0. The fraction of sp³-hybridized carbons (Fsp3) is 1.00. The maximum absolute atomic E-state index is 7.49. The van der Waals surface area contributed by atoms with Crippen LogP contribution in [0.25, 0.3) is 0 Å². The molecule has 3 heteroatoms. The standard InChI is InChI=1S/CH4OS.Na.H/c1-3-2;;/h2H,1H3;;. The molecule has 0 aromatic rings. The van der Waals surface area contributed by atoms with Gasteiger partial charge in [-0.25, -0.2) is 0 Å². The van der Waals surface area contributed by atoms with Gasteiger partial charge in [-0.2, -0.15) is 0 Å². The van der Waals surface area contributed by atoms with Crippen molar-refractivity contribution in [3.05, 3.63) is 0 Å². The normalized spacial score (nSPS) is 4.50. The first-order chi connectivity index (χ1) is 1.41. The molecule has 0 amide bonds. The zero-order chi connectivity index (χ0) is 2.71. The van der Waals surface area contributed by atoms with E-state index in [1.54, 1.807) is 6.26 Å². The van der Waals surface area contributed by atoms with Gasteiger partial charge in [0.05, 0.1) is 0 Å².